The van der Waals surface area contributed by atoms with Crippen LogP contribution >= 0.6 is 0 Å². The Bertz CT molecular complexity index is 752. The monoisotopic (exact) mass is 354 g/mol. The van der Waals surface area contributed by atoms with Crippen molar-refractivity contribution >= 4 is 5.91 Å². The van der Waals surface area contributed by atoms with Crippen molar-refractivity contribution in [2.24, 2.45) is 5.92 Å². The quantitative estimate of drug-likeness (QED) is 0.799. The van der Waals surface area contributed by atoms with Gasteiger partial charge in [0.05, 0.1) is 0 Å². The summed E-state index contributed by atoms with van der Waals surface area (Å²) in [4.78, 5) is 17.5. The highest BCUT2D eigenvalue weighted by atomic mass is 16.4. The molecule has 0 aliphatic heterocycles. The lowest BCUT2D eigenvalue weighted by Gasteiger charge is -2.24. The fourth-order valence-electron chi connectivity index (χ4n) is 3.85. The van der Waals surface area contributed by atoms with E-state index < -0.39 is 0 Å². The molecule has 0 unspecified atom stereocenters. The van der Waals surface area contributed by atoms with E-state index in [1.165, 1.54) is 0 Å². The molecule has 2 aliphatic rings. The van der Waals surface area contributed by atoms with Gasteiger partial charge in [-0.05, 0) is 37.8 Å². The van der Waals surface area contributed by atoms with Gasteiger partial charge in [0, 0.05) is 30.0 Å². The number of aliphatic hydroxyl groups is 1. The highest BCUT2D eigenvalue weighted by Crippen LogP contribution is 2.43. The van der Waals surface area contributed by atoms with Crippen molar-refractivity contribution in [2.75, 3.05) is 6.61 Å². The lowest BCUT2D eigenvalue weighted by molar-refractivity contribution is 0.0893. The summed E-state index contributed by atoms with van der Waals surface area (Å²) >= 11 is 0. The predicted molar refractivity (Wildman–Crippen MR) is 98.8 cm³/mol. The third-order valence-corrected chi connectivity index (χ3v) is 5.55. The van der Waals surface area contributed by atoms with Crippen LogP contribution < -0.4 is 5.32 Å². The zero-order valence-electron chi connectivity index (χ0n) is 15.0. The van der Waals surface area contributed by atoms with Crippen molar-refractivity contribution in [3.05, 3.63) is 41.8 Å². The Kier molecular flexibility index (Phi) is 5.07. The molecule has 0 radical (unpaired) electrons. The first-order chi connectivity index (χ1) is 12.8. The number of rotatable bonds is 5. The zero-order chi connectivity index (χ0) is 17.9. The van der Waals surface area contributed by atoms with Crippen molar-refractivity contribution in [1.82, 2.24) is 10.3 Å². The second kappa shape index (κ2) is 7.62. The van der Waals surface area contributed by atoms with Crippen LogP contribution in [0.1, 0.15) is 67.1 Å². The Morgan fingerprint density at radius 3 is 2.62 bits per heavy atom. The number of amides is 1. The summed E-state index contributed by atoms with van der Waals surface area (Å²) in [6.07, 6.45) is 7.35. The molecule has 2 fully saturated rings. The normalized spacial score (nSPS) is 23.4. The number of aliphatic hydroxyl groups excluding tert-OH is 1. The third-order valence-electron chi connectivity index (χ3n) is 5.55. The fourth-order valence-corrected chi connectivity index (χ4v) is 3.85. The summed E-state index contributed by atoms with van der Waals surface area (Å²) in [6, 6.07) is 9.72. The maximum atomic E-state index is 13.0. The van der Waals surface area contributed by atoms with E-state index in [2.05, 4.69) is 10.3 Å². The van der Waals surface area contributed by atoms with Crippen LogP contribution in [0.5, 0.6) is 0 Å². The van der Waals surface area contributed by atoms with Gasteiger partial charge in [0.25, 0.3) is 5.91 Å². The number of hydrogen-bond donors (Lipinski definition) is 2. The lowest BCUT2D eigenvalue weighted by Crippen LogP contribution is -2.41. The third kappa shape index (κ3) is 3.68. The van der Waals surface area contributed by atoms with E-state index in [1.54, 1.807) is 0 Å². The first-order valence-electron chi connectivity index (χ1n) is 9.74. The van der Waals surface area contributed by atoms with Crippen molar-refractivity contribution in [3.63, 3.8) is 0 Å². The summed E-state index contributed by atoms with van der Waals surface area (Å²) in [5, 5.41) is 12.8. The van der Waals surface area contributed by atoms with E-state index in [-0.39, 0.29) is 24.5 Å². The van der Waals surface area contributed by atoms with E-state index >= 15 is 0 Å². The van der Waals surface area contributed by atoms with Gasteiger partial charge in [-0.25, -0.2) is 4.98 Å². The molecule has 2 N–H and O–H groups in total. The van der Waals surface area contributed by atoms with E-state index in [0.29, 0.717) is 17.5 Å². The number of nitrogens with zero attached hydrogens (tertiary/aromatic N) is 1. The average Bonchev–Trinajstić information content (AvgIpc) is 3.46. The summed E-state index contributed by atoms with van der Waals surface area (Å²) in [7, 11) is 0. The summed E-state index contributed by atoms with van der Waals surface area (Å²) in [6.45, 7) is 0.120. The summed E-state index contributed by atoms with van der Waals surface area (Å²) in [5.74, 6) is 1.51. The summed E-state index contributed by atoms with van der Waals surface area (Å²) in [5.41, 5.74) is 1.31. The number of carbonyl (C=O) groups is 1. The van der Waals surface area contributed by atoms with E-state index in [9.17, 15) is 9.90 Å². The Morgan fingerprint density at radius 1 is 1.12 bits per heavy atom. The smallest absolute Gasteiger partial charge is 0.273 e. The minimum atomic E-state index is -0.164. The van der Waals surface area contributed by atoms with E-state index in [0.717, 1.165) is 56.3 Å². The predicted octanol–water partition coefficient (Wildman–Crippen LogP) is 3.89. The maximum Gasteiger partial charge on any atom is 0.273 e. The number of aromatic nitrogens is 1. The van der Waals surface area contributed by atoms with Crippen LogP contribution in [-0.2, 0) is 0 Å². The summed E-state index contributed by atoms with van der Waals surface area (Å²) < 4.78 is 5.99. The molecule has 1 aromatic heterocycles. The van der Waals surface area contributed by atoms with E-state index in [4.69, 9.17) is 4.42 Å². The average molecular weight is 354 g/mol. The molecule has 5 heteroatoms. The minimum absolute atomic E-state index is 0.0129. The zero-order valence-corrected chi connectivity index (χ0v) is 15.0. The standard InChI is InChI=1S/C21H26N2O3/c24-13-16-9-5-2-6-10-17(16)22-20(25)18-19(14-11-12-14)26-21(23-18)15-7-3-1-4-8-15/h1,3-4,7-8,14,16-17,24H,2,5-6,9-13H2,(H,22,25)/t16-,17+/m0/s1. The van der Waals surface area contributed by atoms with Crippen LogP contribution in [-0.4, -0.2) is 28.6 Å². The molecule has 26 heavy (non-hydrogen) atoms. The first-order valence-corrected chi connectivity index (χ1v) is 9.74. The second-order valence-electron chi connectivity index (χ2n) is 7.53. The van der Waals surface area contributed by atoms with Gasteiger partial charge in [-0.3, -0.25) is 4.79 Å². The largest absolute Gasteiger partial charge is 0.440 e. The molecular weight excluding hydrogens is 328 g/mol. The van der Waals surface area contributed by atoms with Gasteiger partial charge in [0.2, 0.25) is 5.89 Å². The number of carbonyl (C=O) groups excluding carboxylic acids is 1. The number of oxazole rings is 1. The Hall–Kier alpha value is -2.14. The first kappa shape index (κ1) is 17.3. The van der Waals surface area contributed by atoms with Gasteiger partial charge in [-0.1, -0.05) is 37.5 Å². The molecule has 1 heterocycles. The van der Waals surface area contributed by atoms with Crippen LogP contribution in [0.25, 0.3) is 11.5 Å². The molecule has 0 bridgehead atoms. The van der Waals surface area contributed by atoms with Crippen LogP contribution in [0.15, 0.2) is 34.7 Å². The SMILES string of the molecule is O=C(N[C@@H]1CCCCC[C@H]1CO)c1nc(-c2ccccc2)oc1C1CC1. The highest BCUT2D eigenvalue weighted by Gasteiger charge is 2.35. The molecule has 0 saturated heterocycles. The van der Waals surface area contributed by atoms with Crippen LogP contribution in [0.3, 0.4) is 0 Å². The van der Waals surface area contributed by atoms with Crippen molar-refractivity contribution in [3.8, 4) is 11.5 Å². The molecule has 1 aromatic carbocycles. The Balaban J connectivity index is 1.57. The van der Waals surface area contributed by atoms with Gasteiger partial charge in [-0.15, -0.1) is 0 Å². The molecule has 2 saturated carbocycles. The van der Waals surface area contributed by atoms with Gasteiger partial charge in [0.15, 0.2) is 5.69 Å². The lowest BCUT2D eigenvalue weighted by atomic mass is 9.95. The number of nitrogens with one attached hydrogen (secondary N) is 1. The Morgan fingerprint density at radius 2 is 1.88 bits per heavy atom. The molecule has 2 aliphatic carbocycles. The number of benzene rings is 1. The molecule has 2 atom stereocenters. The van der Waals surface area contributed by atoms with Crippen LogP contribution in [0, 0.1) is 5.92 Å². The molecular formula is C21H26N2O3. The minimum Gasteiger partial charge on any atom is -0.440 e. The van der Waals surface area contributed by atoms with Crippen molar-refractivity contribution < 1.29 is 14.3 Å². The molecule has 2 aromatic rings. The van der Waals surface area contributed by atoms with Gasteiger partial charge in [0.1, 0.15) is 5.76 Å². The van der Waals surface area contributed by atoms with Gasteiger partial charge < -0.3 is 14.8 Å². The maximum absolute atomic E-state index is 13.0. The molecule has 0 spiro atoms. The molecule has 138 valence electrons. The van der Waals surface area contributed by atoms with Crippen molar-refractivity contribution in [2.45, 2.75) is 56.9 Å². The topological polar surface area (TPSA) is 75.4 Å². The van der Waals surface area contributed by atoms with Crippen molar-refractivity contribution in [1.29, 1.82) is 0 Å². The molecule has 1 amide bonds. The Labute approximate surface area is 153 Å². The molecule has 5 nitrogen and oxygen atoms in total. The van der Waals surface area contributed by atoms with Crippen LogP contribution in [0.2, 0.25) is 0 Å². The van der Waals surface area contributed by atoms with Crippen LogP contribution in [0.4, 0.5) is 0 Å². The molecule has 4 rings (SSSR count). The second-order valence-corrected chi connectivity index (χ2v) is 7.53. The van der Waals surface area contributed by atoms with Gasteiger partial charge >= 0.3 is 0 Å². The fraction of sp³-hybridized carbons (Fsp3) is 0.524. The highest BCUT2D eigenvalue weighted by molar-refractivity contribution is 5.94. The van der Waals surface area contributed by atoms with E-state index in [1.807, 2.05) is 30.3 Å². The van der Waals surface area contributed by atoms with Gasteiger partial charge in [-0.2, -0.15) is 0 Å². The number of hydrogen-bond acceptors (Lipinski definition) is 4.